The van der Waals surface area contributed by atoms with Crippen molar-refractivity contribution in [3.05, 3.63) is 71.3 Å². The second-order valence-corrected chi connectivity index (χ2v) is 6.39. The molecule has 146 valence electrons. The van der Waals surface area contributed by atoms with Crippen molar-refractivity contribution < 1.29 is 22.7 Å². The number of carbonyl (C=O) groups excluding carboxylic acids is 1. The zero-order valence-corrected chi connectivity index (χ0v) is 15.5. The number of aryl methyl sites for hydroxylation is 1. The number of amides is 1. The van der Waals surface area contributed by atoms with E-state index in [9.17, 15) is 18.0 Å². The van der Waals surface area contributed by atoms with Gasteiger partial charge in [0, 0.05) is 13.5 Å². The minimum Gasteiger partial charge on any atom is -0.372 e. The molecule has 0 radical (unpaired) electrons. The summed E-state index contributed by atoms with van der Waals surface area (Å²) in [5.74, 6) is -0.166. The predicted molar refractivity (Wildman–Crippen MR) is 98.2 cm³/mol. The Balaban J connectivity index is 1.91. The van der Waals surface area contributed by atoms with Gasteiger partial charge >= 0.3 is 6.18 Å². The van der Waals surface area contributed by atoms with Gasteiger partial charge < -0.3 is 10.1 Å². The smallest absolute Gasteiger partial charge is 0.372 e. The molecular weight excluding hydrogens is 355 g/mol. The van der Waals surface area contributed by atoms with Crippen molar-refractivity contribution in [3.8, 4) is 0 Å². The third-order valence-electron chi connectivity index (χ3n) is 4.75. The molecule has 0 bridgehead atoms. The van der Waals surface area contributed by atoms with Crippen molar-refractivity contribution in [2.45, 2.75) is 38.0 Å². The number of hydrogen-bond acceptors (Lipinski definition) is 2. The Morgan fingerprint density at radius 3 is 2.15 bits per heavy atom. The van der Waals surface area contributed by atoms with Gasteiger partial charge in [0.2, 0.25) is 5.91 Å². The van der Waals surface area contributed by atoms with E-state index in [0.717, 1.165) is 17.7 Å². The summed E-state index contributed by atoms with van der Waals surface area (Å²) in [6.45, 7) is 2.32. The number of halogens is 3. The van der Waals surface area contributed by atoms with Crippen LogP contribution in [0.4, 0.5) is 13.2 Å². The van der Waals surface area contributed by atoms with E-state index in [-0.39, 0.29) is 12.3 Å². The lowest BCUT2D eigenvalue weighted by atomic mass is 9.90. The van der Waals surface area contributed by atoms with Crippen LogP contribution in [0.5, 0.6) is 0 Å². The monoisotopic (exact) mass is 379 g/mol. The van der Waals surface area contributed by atoms with Crippen molar-refractivity contribution in [2.24, 2.45) is 0 Å². The quantitative estimate of drug-likeness (QED) is 0.722. The van der Waals surface area contributed by atoms with E-state index in [1.165, 1.54) is 12.1 Å². The summed E-state index contributed by atoms with van der Waals surface area (Å²) in [7, 11) is 1.62. The highest BCUT2D eigenvalue weighted by molar-refractivity contribution is 5.76. The average molecular weight is 379 g/mol. The van der Waals surface area contributed by atoms with E-state index in [1.807, 2.05) is 37.3 Å². The molecule has 0 aromatic heterocycles. The maximum atomic E-state index is 12.6. The Hall–Kier alpha value is -2.34. The van der Waals surface area contributed by atoms with Crippen molar-refractivity contribution >= 4 is 5.91 Å². The van der Waals surface area contributed by atoms with Crippen molar-refractivity contribution in [2.75, 3.05) is 13.7 Å². The van der Waals surface area contributed by atoms with Crippen LogP contribution in [0.1, 0.15) is 36.5 Å². The second kappa shape index (κ2) is 9.04. The van der Waals surface area contributed by atoms with Crippen LogP contribution >= 0.6 is 0 Å². The van der Waals surface area contributed by atoms with Crippen LogP contribution in [0.3, 0.4) is 0 Å². The highest BCUT2D eigenvalue weighted by atomic mass is 19.4. The molecule has 2 aromatic carbocycles. The Kier molecular flexibility index (Phi) is 7.02. The topological polar surface area (TPSA) is 38.3 Å². The molecule has 0 spiro atoms. The molecule has 27 heavy (non-hydrogen) atoms. The van der Waals surface area contributed by atoms with Crippen LogP contribution in [0.25, 0.3) is 0 Å². The lowest BCUT2D eigenvalue weighted by molar-refractivity contribution is -0.137. The van der Waals surface area contributed by atoms with E-state index in [4.69, 9.17) is 4.74 Å². The number of hydrogen-bond donors (Lipinski definition) is 1. The first-order chi connectivity index (χ1) is 12.8. The first-order valence-corrected chi connectivity index (χ1v) is 8.84. The van der Waals surface area contributed by atoms with Crippen molar-refractivity contribution in [1.29, 1.82) is 0 Å². The number of ether oxygens (including phenoxy) is 1. The predicted octanol–water partition coefficient (Wildman–Crippen LogP) is 4.71. The zero-order valence-electron chi connectivity index (χ0n) is 15.5. The fourth-order valence-electron chi connectivity index (χ4n) is 2.96. The number of alkyl halides is 3. The largest absolute Gasteiger partial charge is 0.416 e. The number of rotatable bonds is 8. The summed E-state index contributed by atoms with van der Waals surface area (Å²) in [5, 5.41) is 2.89. The van der Waals surface area contributed by atoms with Gasteiger partial charge in [-0.05, 0) is 36.1 Å². The summed E-state index contributed by atoms with van der Waals surface area (Å²) in [4.78, 5) is 12.2. The number of benzene rings is 2. The van der Waals surface area contributed by atoms with Crippen LogP contribution < -0.4 is 5.32 Å². The van der Waals surface area contributed by atoms with Crippen LogP contribution in [-0.4, -0.2) is 19.6 Å². The first-order valence-electron chi connectivity index (χ1n) is 8.84. The fourth-order valence-corrected chi connectivity index (χ4v) is 2.96. The molecule has 0 heterocycles. The molecule has 6 heteroatoms. The van der Waals surface area contributed by atoms with Gasteiger partial charge in [-0.1, -0.05) is 49.4 Å². The minimum atomic E-state index is -4.35. The number of carbonyl (C=O) groups is 1. The highest BCUT2D eigenvalue weighted by Crippen LogP contribution is 2.29. The maximum absolute atomic E-state index is 12.6. The molecule has 0 aliphatic rings. The van der Waals surface area contributed by atoms with Crippen LogP contribution in [0, 0.1) is 0 Å². The molecule has 0 aliphatic carbocycles. The molecule has 1 unspecified atom stereocenters. The van der Waals surface area contributed by atoms with E-state index >= 15 is 0 Å². The molecule has 0 saturated carbocycles. The minimum absolute atomic E-state index is 0.166. The molecule has 0 fully saturated rings. The molecule has 1 atom stereocenters. The van der Waals surface area contributed by atoms with Gasteiger partial charge in [0.05, 0.1) is 12.1 Å². The highest BCUT2D eigenvalue weighted by Gasteiger charge is 2.31. The third-order valence-corrected chi connectivity index (χ3v) is 4.75. The van der Waals surface area contributed by atoms with Gasteiger partial charge in [0.25, 0.3) is 0 Å². The molecule has 2 rings (SSSR count). The lowest BCUT2D eigenvalue weighted by Gasteiger charge is -2.32. The van der Waals surface area contributed by atoms with Gasteiger partial charge in [-0.15, -0.1) is 0 Å². The Labute approximate surface area is 157 Å². The Morgan fingerprint density at radius 1 is 1.00 bits per heavy atom. The number of methoxy groups -OCH3 is 1. The van der Waals surface area contributed by atoms with Gasteiger partial charge in [0.15, 0.2) is 0 Å². The van der Waals surface area contributed by atoms with Gasteiger partial charge in [-0.25, -0.2) is 0 Å². The third kappa shape index (κ3) is 5.57. The standard InChI is InChI=1S/C21H24F3NO2/c1-3-20(27-2,17-7-5-4-6-8-17)15-25-19(26)14-11-16-9-12-18(13-10-16)21(22,23)24/h4-10,12-13H,3,11,14-15H2,1-2H3,(H,25,26). The van der Waals surface area contributed by atoms with E-state index < -0.39 is 17.3 Å². The number of nitrogens with one attached hydrogen (secondary N) is 1. The molecule has 0 aliphatic heterocycles. The van der Waals surface area contributed by atoms with Crippen LogP contribution in [0.15, 0.2) is 54.6 Å². The molecule has 1 amide bonds. The molecular formula is C21H24F3NO2. The van der Waals surface area contributed by atoms with Gasteiger partial charge in [-0.2, -0.15) is 13.2 Å². The Morgan fingerprint density at radius 2 is 1.63 bits per heavy atom. The second-order valence-electron chi connectivity index (χ2n) is 6.39. The van der Waals surface area contributed by atoms with Crippen LogP contribution in [0.2, 0.25) is 0 Å². The van der Waals surface area contributed by atoms with E-state index in [2.05, 4.69) is 5.32 Å². The Bertz CT molecular complexity index is 723. The molecule has 1 N–H and O–H groups in total. The molecule has 3 nitrogen and oxygen atoms in total. The van der Waals surface area contributed by atoms with Crippen LogP contribution in [-0.2, 0) is 27.7 Å². The van der Waals surface area contributed by atoms with Crippen molar-refractivity contribution in [3.63, 3.8) is 0 Å². The SMILES string of the molecule is CCC(CNC(=O)CCc1ccc(C(F)(F)F)cc1)(OC)c1ccccc1. The normalized spacial score (nSPS) is 13.8. The first kappa shape index (κ1) is 21.0. The average Bonchev–Trinajstić information content (AvgIpc) is 2.68. The van der Waals surface area contributed by atoms with Gasteiger partial charge in [0.1, 0.15) is 5.60 Å². The van der Waals surface area contributed by atoms with Gasteiger partial charge in [-0.3, -0.25) is 4.79 Å². The maximum Gasteiger partial charge on any atom is 0.416 e. The summed E-state index contributed by atoms with van der Waals surface area (Å²) in [6, 6.07) is 14.6. The lowest BCUT2D eigenvalue weighted by Crippen LogP contribution is -2.42. The summed E-state index contributed by atoms with van der Waals surface area (Å²) >= 11 is 0. The molecule has 2 aromatic rings. The summed E-state index contributed by atoms with van der Waals surface area (Å²) in [6.07, 6.45) is -3.09. The summed E-state index contributed by atoms with van der Waals surface area (Å²) < 4.78 is 43.4. The summed E-state index contributed by atoms with van der Waals surface area (Å²) in [5.41, 5.74) is 0.379. The fraction of sp³-hybridized carbons (Fsp3) is 0.381. The van der Waals surface area contributed by atoms with E-state index in [1.54, 1.807) is 7.11 Å². The molecule has 0 saturated heterocycles. The zero-order chi connectivity index (χ0) is 19.9. The van der Waals surface area contributed by atoms with E-state index in [0.29, 0.717) is 24.9 Å². The van der Waals surface area contributed by atoms with Crippen molar-refractivity contribution in [1.82, 2.24) is 5.32 Å².